The van der Waals surface area contributed by atoms with Crippen LogP contribution in [0.15, 0.2) is 45.8 Å². The zero-order valence-corrected chi connectivity index (χ0v) is 19.3. The van der Waals surface area contributed by atoms with Gasteiger partial charge < -0.3 is 14.1 Å². The minimum Gasteiger partial charge on any atom is -0.459 e. The van der Waals surface area contributed by atoms with Gasteiger partial charge in [0.25, 0.3) is 0 Å². The van der Waals surface area contributed by atoms with Crippen molar-refractivity contribution in [3.05, 3.63) is 48.1 Å². The first-order valence-electron chi connectivity index (χ1n) is 11.0. The average Bonchev–Trinajstić information content (AvgIpc) is 3.34. The molecule has 1 saturated heterocycles. The van der Waals surface area contributed by atoms with E-state index in [4.69, 9.17) is 9.15 Å². The number of fused-ring (bicyclic) bond motifs is 1. The van der Waals surface area contributed by atoms with Crippen molar-refractivity contribution in [3.8, 4) is 11.3 Å². The lowest BCUT2D eigenvalue weighted by atomic mass is 9.94. The van der Waals surface area contributed by atoms with Gasteiger partial charge in [0.2, 0.25) is 0 Å². The number of nitrogens with zero attached hydrogens (tertiary/aromatic N) is 2. The van der Waals surface area contributed by atoms with Gasteiger partial charge in [0.05, 0.1) is 16.8 Å². The Morgan fingerprint density at radius 3 is 2.58 bits per heavy atom. The van der Waals surface area contributed by atoms with Crippen molar-refractivity contribution < 1.29 is 26.8 Å². The summed E-state index contributed by atoms with van der Waals surface area (Å²) in [6.45, 7) is 3.18. The number of carbonyl (C=O) groups excluding carboxylic acids is 1. The number of carbonyl (C=O) groups is 1. The van der Waals surface area contributed by atoms with E-state index in [2.05, 4.69) is 4.98 Å². The van der Waals surface area contributed by atoms with Crippen LogP contribution in [0, 0.1) is 5.82 Å². The second-order valence-corrected chi connectivity index (χ2v) is 11.3. The van der Waals surface area contributed by atoms with Crippen molar-refractivity contribution in [1.82, 2.24) is 9.88 Å². The van der Waals surface area contributed by atoms with Crippen molar-refractivity contribution in [2.45, 2.75) is 49.0 Å². The molecule has 33 heavy (non-hydrogen) atoms. The predicted molar refractivity (Wildman–Crippen MR) is 120 cm³/mol. The lowest BCUT2D eigenvalue weighted by molar-refractivity contribution is 0.0514. The fourth-order valence-corrected chi connectivity index (χ4v) is 4.78. The molecule has 0 atom stereocenters. The van der Waals surface area contributed by atoms with Crippen LogP contribution in [0.4, 0.5) is 9.18 Å². The Labute approximate surface area is 191 Å². The Morgan fingerprint density at radius 1 is 1.21 bits per heavy atom. The minimum atomic E-state index is -3.49. The number of pyridine rings is 1. The molecule has 2 fully saturated rings. The number of amides is 1. The molecular weight excluding hydrogens is 447 g/mol. The van der Waals surface area contributed by atoms with Gasteiger partial charge in [0.1, 0.15) is 17.2 Å². The number of ether oxygens (including phenoxy) is 1. The molecule has 2 aromatic heterocycles. The summed E-state index contributed by atoms with van der Waals surface area (Å²) < 4.78 is 49.5. The summed E-state index contributed by atoms with van der Waals surface area (Å²) in [6.07, 6.45) is 5.75. The first kappa shape index (κ1) is 21.9. The van der Waals surface area contributed by atoms with E-state index in [1.807, 2.05) is 13.0 Å². The van der Waals surface area contributed by atoms with Crippen LogP contribution in [0.25, 0.3) is 22.2 Å². The maximum atomic E-state index is 14.6. The van der Waals surface area contributed by atoms with Gasteiger partial charge in [-0.3, -0.25) is 4.98 Å². The fraction of sp³-hybridized carbons (Fsp3) is 0.417. The van der Waals surface area contributed by atoms with E-state index in [1.54, 1.807) is 17.2 Å². The molecular formula is C24H25FN2O5S. The van der Waals surface area contributed by atoms with Crippen LogP contribution in [0.3, 0.4) is 0 Å². The number of piperidine rings is 1. The summed E-state index contributed by atoms with van der Waals surface area (Å²) in [5, 5.41) is 0.796. The Hall–Kier alpha value is -2.94. The highest BCUT2D eigenvalue weighted by Gasteiger charge is 2.43. The summed E-state index contributed by atoms with van der Waals surface area (Å²) >= 11 is 0. The number of aromatic nitrogens is 1. The maximum Gasteiger partial charge on any atom is 0.410 e. The lowest BCUT2D eigenvalue weighted by Gasteiger charge is -2.31. The van der Waals surface area contributed by atoms with Crippen molar-refractivity contribution in [3.63, 3.8) is 0 Å². The van der Waals surface area contributed by atoms with Crippen LogP contribution in [-0.2, 0) is 14.6 Å². The number of hydrogen-bond acceptors (Lipinski definition) is 6. The van der Waals surface area contributed by atoms with Crippen molar-refractivity contribution in [2.24, 2.45) is 0 Å². The van der Waals surface area contributed by atoms with Gasteiger partial charge >= 0.3 is 6.09 Å². The minimum absolute atomic E-state index is 0.0723. The van der Waals surface area contributed by atoms with E-state index in [0.29, 0.717) is 24.4 Å². The topological polar surface area (TPSA) is 89.7 Å². The van der Waals surface area contributed by atoms with Gasteiger partial charge in [-0.2, -0.15) is 0 Å². The van der Waals surface area contributed by atoms with Gasteiger partial charge in [-0.15, -0.1) is 0 Å². The van der Waals surface area contributed by atoms with E-state index in [9.17, 15) is 17.6 Å². The molecule has 1 aliphatic carbocycles. The number of hydrogen-bond donors (Lipinski definition) is 0. The van der Waals surface area contributed by atoms with Gasteiger partial charge in [0, 0.05) is 36.2 Å². The van der Waals surface area contributed by atoms with Gasteiger partial charge in [-0.25, -0.2) is 17.6 Å². The van der Waals surface area contributed by atoms with E-state index in [0.717, 1.165) is 49.2 Å². The molecule has 1 aliphatic heterocycles. The van der Waals surface area contributed by atoms with Crippen LogP contribution in [0.1, 0.15) is 44.3 Å². The number of benzene rings is 1. The van der Waals surface area contributed by atoms with Gasteiger partial charge in [-0.05, 0) is 62.9 Å². The van der Waals surface area contributed by atoms with Crippen molar-refractivity contribution in [2.75, 3.05) is 19.3 Å². The molecule has 3 heterocycles. The van der Waals surface area contributed by atoms with Crippen LogP contribution >= 0.6 is 0 Å². The molecule has 9 heteroatoms. The largest absolute Gasteiger partial charge is 0.459 e. The normalized spacial score (nSPS) is 18.5. The number of likely N-dealkylation sites (tertiary alicyclic amines) is 1. The molecule has 7 nitrogen and oxygen atoms in total. The van der Waals surface area contributed by atoms with Crippen molar-refractivity contribution in [1.29, 1.82) is 0 Å². The summed E-state index contributed by atoms with van der Waals surface area (Å²) in [6, 6.07) is 7.50. The summed E-state index contributed by atoms with van der Waals surface area (Å²) in [5.74, 6) is 0.346. The average molecular weight is 473 g/mol. The van der Waals surface area contributed by atoms with Gasteiger partial charge in [-0.1, -0.05) is 0 Å². The number of sulfone groups is 1. The molecule has 0 N–H and O–H groups in total. The quantitative estimate of drug-likeness (QED) is 0.536. The number of rotatable bonds is 4. The summed E-state index contributed by atoms with van der Waals surface area (Å²) in [7, 11) is -3.49. The third-order valence-electron chi connectivity index (χ3n) is 6.51. The van der Waals surface area contributed by atoms with Crippen molar-refractivity contribution >= 4 is 26.9 Å². The third kappa shape index (κ3) is 4.46. The first-order chi connectivity index (χ1) is 15.6. The molecule has 0 spiro atoms. The van der Waals surface area contributed by atoms with E-state index >= 15 is 0 Å². The highest BCUT2D eigenvalue weighted by Crippen LogP contribution is 2.40. The first-order valence-corrected chi connectivity index (χ1v) is 12.9. The molecule has 1 saturated carbocycles. The fourth-order valence-electron chi connectivity index (χ4n) is 4.15. The molecule has 174 valence electrons. The predicted octanol–water partition coefficient (Wildman–Crippen LogP) is 4.91. The monoisotopic (exact) mass is 472 g/mol. The van der Waals surface area contributed by atoms with Crippen LogP contribution in [-0.4, -0.2) is 49.3 Å². The van der Waals surface area contributed by atoms with Crippen LogP contribution < -0.4 is 0 Å². The smallest absolute Gasteiger partial charge is 0.410 e. The molecule has 1 aromatic carbocycles. The molecule has 1 amide bonds. The molecule has 2 aliphatic rings. The van der Waals surface area contributed by atoms with Gasteiger partial charge in [0.15, 0.2) is 15.4 Å². The standard InChI is InChI=1S/C24H25FN2O5S/c1-24(7-8-24)32-23(28)27-9-5-15(6-10-27)21-12-16-11-20(26-14-22(16)31-21)18-4-3-17(13-19(18)25)33(2,29)30/h3-4,11-15H,5-10H2,1-2H3. The summed E-state index contributed by atoms with van der Waals surface area (Å²) in [5.41, 5.74) is 0.953. The molecule has 3 aromatic rings. The Kier molecular flexibility index (Phi) is 5.19. The van der Waals surface area contributed by atoms with E-state index in [-0.39, 0.29) is 28.1 Å². The lowest BCUT2D eigenvalue weighted by Crippen LogP contribution is -2.39. The molecule has 0 unspecified atom stereocenters. The van der Waals surface area contributed by atoms with Crippen LogP contribution in [0.2, 0.25) is 0 Å². The Bertz CT molecular complexity index is 1340. The van der Waals surface area contributed by atoms with E-state index < -0.39 is 15.7 Å². The molecule has 5 rings (SSSR count). The highest BCUT2D eigenvalue weighted by molar-refractivity contribution is 7.90. The number of halogens is 1. The highest BCUT2D eigenvalue weighted by atomic mass is 32.2. The summed E-state index contributed by atoms with van der Waals surface area (Å²) in [4.78, 5) is 18.3. The van der Waals surface area contributed by atoms with E-state index in [1.165, 1.54) is 12.1 Å². The zero-order chi connectivity index (χ0) is 23.4. The molecule has 0 radical (unpaired) electrons. The van der Waals surface area contributed by atoms with Crippen LogP contribution in [0.5, 0.6) is 0 Å². The number of furan rings is 1. The molecule has 0 bridgehead atoms. The maximum absolute atomic E-state index is 14.6. The SMILES string of the molecule is CC1(OC(=O)N2CCC(c3cc4cc(-c5ccc(S(C)(=O)=O)cc5F)ncc4o3)CC2)CC1. The Morgan fingerprint density at radius 2 is 1.94 bits per heavy atom. The third-order valence-corrected chi connectivity index (χ3v) is 7.62. The second-order valence-electron chi connectivity index (χ2n) is 9.25. The zero-order valence-electron chi connectivity index (χ0n) is 18.5. The Balaban J connectivity index is 1.31. The second kappa shape index (κ2) is 7.83.